The minimum absolute atomic E-state index is 0.619. The van der Waals surface area contributed by atoms with E-state index in [-0.39, 0.29) is 0 Å². The molecule has 1 unspecified atom stereocenters. The summed E-state index contributed by atoms with van der Waals surface area (Å²) >= 11 is 0. The zero-order valence-corrected chi connectivity index (χ0v) is 7.81. The molecule has 0 aliphatic rings. The molecule has 2 rings (SSSR count). The summed E-state index contributed by atoms with van der Waals surface area (Å²) in [6.45, 7) is 1.96. The van der Waals surface area contributed by atoms with Crippen LogP contribution in [0.4, 0.5) is 0 Å². The lowest BCUT2D eigenvalue weighted by atomic mass is 10.2. The van der Waals surface area contributed by atoms with E-state index in [2.05, 4.69) is 4.98 Å². The maximum Gasteiger partial charge on any atom is 0.137 e. The largest absolute Gasteiger partial charge is 0.311 e. The van der Waals surface area contributed by atoms with E-state index in [1.165, 1.54) is 0 Å². The van der Waals surface area contributed by atoms with Crippen LogP contribution in [0.1, 0.15) is 17.4 Å². The molecule has 0 bridgehead atoms. The Kier molecular flexibility index (Phi) is 1.95. The third kappa shape index (κ3) is 1.15. The van der Waals surface area contributed by atoms with Gasteiger partial charge in [0.15, 0.2) is 0 Å². The maximum absolute atomic E-state index is 8.74. The third-order valence-corrected chi connectivity index (χ3v) is 2.21. The molecule has 14 heavy (non-hydrogen) atoms. The summed E-state index contributed by atoms with van der Waals surface area (Å²) in [5.41, 5.74) is 8.24. The summed E-state index contributed by atoms with van der Waals surface area (Å²) in [6.07, 6.45) is 1.65. The fourth-order valence-corrected chi connectivity index (χ4v) is 1.52. The molecule has 4 nitrogen and oxygen atoms in total. The summed E-state index contributed by atoms with van der Waals surface area (Å²) in [5, 5.41) is 8.74. The minimum atomic E-state index is -0.619. The number of imidazole rings is 1. The molecule has 1 atom stereocenters. The first-order valence-electron chi connectivity index (χ1n) is 4.32. The van der Waals surface area contributed by atoms with E-state index in [0.717, 1.165) is 17.0 Å². The molecule has 2 aromatic heterocycles. The number of nitriles is 1. The Morgan fingerprint density at radius 1 is 1.57 bits per heavy atom. The van der Waals surface area contributed by atoms with Crippen LogP contribution in [0.5, 0.6) is 0 Å². The third-order valence-electron chi connectivity index (χ3n) is 2.21. The van der Waals surface area contributed by atoms with Gasteiger partial charge in [-0.15, -0.1) is 0 Å². The molecular formula is C10H10N4. The van der Waals surface area contributed by atoms with E-state index >= 15 is 0 Å². The van der Waals surface area contributed by atoms with Gasteiger partial charge >= 0.3 is 0 Å². The molecule has 2 N–H and O–H groups in total. The van der Waals surface area contributed by atoms with E-state index in [1.54, 1.807) is 6.20 Å². The van der Waals surface area contributed by atoms with Crippen LogP contribution in [0.2, 0.25) is 0 Å². The van der Waals surface area contributed by atoms with Gasteiger partial charge in [0.05, 0.1) is 18.0 Å². The lowest BCUT2D eigenvalue weighted by Crippen LogP contribution is -2.11. The number of aryl methyl sites for hydroxylation is 1. The molecule has 0 aliphatic heterocycles. The number of rotatable bonds is 1. The molecule has 4 heteroatoms. The molecule has 0 aromatic carbocycles. The van der Waals surface area contributed by atoms with Crippen molar-refractivity contribution in [3.05, 3.63) is 35.8 Å². The van der Waals surface area contributed by atoms with Gasteiger partial charge in [-0.2, -0.15) is 5.26 Å². The van der Waals surface area contributed by atoms with E-state index in [1.807, 2.05) is 35.6 Å². The molecule has 0 saturated heterocycles. The Balaban J connectivity index is 2.74. The normalized spacial score (nSPS) is 12.6. The number of fused-ring (bicyclic) bond motifs is 1. The van der Waals surface area contributed by atoms with Gasteiger partial charge in [-0.3, -0.25) is 4.40 Å². The van der Waals surface area contributed by atoms with Gasteiger partial charge in [-0.05, 0) is 19.1 Å². The molecular weight excluding hydrogens is 176 g/mol. The topological polar surface area (TPSA) is 67.1 Å². The fraction of sp³-hybridized carbons (Fsp3) is 0.200. The molecule has 0 fully saturated rings. The maximum atomic E-state index is 8.74. The van der Waals surface area contributed by atoms with Crippen molar-refractivity contribution in [3.63, 3.8) is 0 Å². The second kappa shape index (κ2) is 3.13. The second-order valence-electron chi connectivity index (χ2n) is 3.15. The quantitative estimate of drug-likeness (QED) is 0.726. The summed E-state index contributed by atoms with van der Waals surface area (Å²) < 4.78 is 1.90. The first kappa shape index (κ1) is 8.73. The summed E-state index contributed by atoms with van der Waals surface area (Å²) in [5.74, 6) is 0. The minimum Gasteiger partial charge on any atom is -0.311 e. The highest BCUT2D eigenvalue weighted by molar-refractivity contribution is 5.43. The zero-order valence-electron chi connectivity index (χ0n) is 7.81. The highest BCUT2D eigenvalue weighted by atomic mass is 15.0. The molecule has 0 spiro atoms. The lowest BCUT2D eigenvalue weighted by molar-refractivity contribution is 0.845. The van der Waals surface area contributed by atoms with Crippen molar-refractivity contribution in [2.45, 2.75) is 13.0 Å². The van der Waals surface area contributed by atoms with Crippen molar-refractivity contribution >= 4 is 5.65 Å². The van der Waals surface area contributed by atoms with Crippen LogP contribution < -0.4 is 5.73 Å². The van der Waals surface area contributed by atoms with Crippen molar-refractivity contribution in [1.29, 1.82) is 5.26 Å². The van der Waals surface area contributed by atoms with Crippen LogP contribution in [0.3, 0.4) is 0 Å². The number of aromatic nitrogens is 2. The van der Waals surface area contributed by atoms with E-state index in [0.29, 0.717) is 0 Å². The summed E-state index contributed by atoms with van der Waals surface area (Å²) in [6, 6.07) is 7.16. The number of nitrogens with two attached hydrogens (primary N) is 1. The second-order valence-corrected chi connectivity index (χ2v) is 3.15. The molecule has 0 saturated carbocycles. The smallest absolute Gasteiger partial charge is 0.137 e. The standard InChI is InChI=1S/C10H10N4/c1-7-3-2-4-10-13-6-9(14(7)10)8(12)5-11/h2-4,6,8H,12H2,1H3. The SMILES string of the molecule is Cc1cccc2ncc(C(N)C#N)n12. The van der Waals surface area contributed by atoms with Gasteiger partial charge in [0.2, 0.25) is 0 Å². The van der Waals surface area contributed by atoms with Crippen molar-refractivity contribution in [2.24, 2.45) is 5.73 Å². The molecule has 70 valence electrons. The van der Waals surface area contributed by atoms with Gasteiger partial charge in [0, 0.05) is 5.69 Å². The van der Waals surface area contributed by atoms with Crippen LogP contribution >= 0.6 is 0 Å². The van der Waals surface area contributed by atoms with E-state index < -0.39 is 6.04 Å². The highest BCUT2D eigenvalue weighted by Crippen LogP contribution is 2.14. The average molecular weight is 186 g/mol. The van der Waals surface area contributed by atoms with Crippen molar-refractivity contribution in [1.82, 2.24) is 9.38 Å². The monoisotopic (exact) mass is 186 g/mol. The molecule has 2 heterocycles. The molecule has 2 aromatic rings. The van der Waals surface area contributed by atoms with Crippen molar-refractivity contribution in [2.75, 3.05) is 0 Å². The van der Waals surface area contributed by atoms with Crippen LogP contribution in [-0.2, 0) is 0 Å². The first-order valence-corrected chi connectivity index (χ1v) is 4.32. The number of hydrogen-bond donors (Lipinski definition) is 1. The van der Waals surface area contributed by atoms with Crippen LogP contribution in [0, 0.1) is 18.3 Å². The van der Waals surface area contributed by atoms with Crippen LogP contribution in [-0.4, -0.2) is 9.38 Å². The van der Waals surface area contributed by atoms with Gasteiger partial charge in [0.25, 0.3) is 0 Å². The predicted molar refractivity (Wildman–Crippen MR) is 52.5 cm³/mol. The first-order chi connectivity index (χ1) is 6.74. The molecule has 0 amide bonds. The number of hydrogen-bond acceptors (Lipinski definition) is 3. The zero-order chi connectivity index (χ0) is 10.1. The van der Waals surface area contributed by atoms with E-state index in [4.69, 9.17) is 11.0 Å². The Morgan fingerprint density at radius 2 is 2.36 bits per heavy atom. The Bertz CT molecular complexity index is 506. The van der Waals surface area contributed by atoms with Crippen LogP contribution in [0.15, 0.2) is 24.4 Å². The Labute approximate surface area is 81.6 Å². The van der Waals surface area contributed by atoms with E-state index in [9.17, 15) is 0 Å². The Hall–Kier alpha value is -1.86. The van der Waals surface area contributed by atoms with Crippen molar-refractivity contribution < 1.29 is 0 Å². The number of pyridine rings is 1. The van der Waals surface area contributed by atoms with Gasteiger partial charge in [0.1, 0.15) is 11.7 Å². The molecule has 0 aliphatic carbocycles. The van der Waals surface area contributed by atoms with Gasteiger partial charge < -0.3 is 5.73 Å². The average Bonchev–Trinajstić information content (AvgIpc) is 2.62. The van der Waals surface area contributed by atoms with Crippen LogP contribution in [0.25, 0.3) is 5.65 Å². The lowest BCUT2D eigenvalue weighted by Gasteiger charge is -2.05. The Morgan fingerprint density at radius 3 is 3.07 bits per heavy atom. The predicted octanol–water partition coefficient (Wildman–Crippen LogP) is 1.17. The number of nitrogens with zero attached hydrogens (tertiary/aromatic N) is 3. The summed E-state index contributed by atoms with van der Waals surface area (Å²) in [4.78, 5) is 4.18. The molecule has 0 radical (unpaired) electrons. The van der Waals surface area contributed by atoms with Crippen molar-refractivity contribution in [3.8, 4) is 6.07 Å². The van der Waals surface area contributed by atoms with Gasteiger partial charge in [-0.25, -0.2) is 4.98 Å². The summed E-state index contributed by atoms with van der Waals surface area (Å²) in [7, 11) is 0. The highest BCUT2D eigenvalue weighted by Gasteiger charge is 2.11. The fourth-order valence-electron chi connectivity index (χ4n) is 1.52. The van der Waals surface area contributed by atoms with Gasteiger partial charge in [-0.1, -0.05) is 6.07 Å².